The quantitative estimate of drug-likeness (QED) is 0.638. The molecule has 0 bridgehead atoms. The molecule has 21 heavy (non-hydrogen) atoms. The minimum absolute atomic E-state index is 0.164. The molecule has 0 N–H and O–H groups in total. The highest BCUT2D eigenvalue weighted by Gasteiger charge is 2.11. The fourth-order valence-corrected chi connectivity index (χ4v) is 2.40. The summed E-state index contributed by atoms with van der Waals surface area (Å²) in [6.07, 6.45) is 0. The molecule has 0 aliphatic rings. The van der Waals surface area contributed by atoms with E-state index in [0.29, 0.717) is 27.3 Å². The number of ether oxygens (including phenoxy) is 1. The molecule has 0 radical (unpaired) electrons. The summed E-state index contributed by atoms with van der Waals surface area (Å²) in [6, 6.07) is 9.66. The van der Waals surface area contributed by atoms with E-state index in [4.69, 9.17) is 27.9 Å². The zero-order valence-corrected chi connectivity index (χ0v) is 12.4. The van der Waals surface area contributed by atoms with Crippen molar-refractivity contribution in [1.82, 2.24) is 9.97 Å². The maximum absolute atomic E-state index is 13.8. The largest absolute Gasteiger partial charge is 0.494 e. The fraction of sp³-hybridized carbons (Fsp3) is 0.0667. The fourth-order valence-electron chi connectivity index (χ4n) is 2.00. The highest BCUT2D eigenvalue weighted by atomic mass is 35.5. The van der Waals surface area contributed by atoms with Gasteiger partial charge in [0.15, 0.2) is 17.4 Å². The molecule has 0 spiro atoms. The van der Waals surface area contributed by atoms with Gasteiger partial charge in [-0.25, -0.2) is 14.4 Å². The Bertz CT molecular complexity index is 839. The Balaban J connectivity index is 2.17. The van der Waals surface area contributed by atoms with E-state index >= 15 is 0 Å². The van der Waals surface area contributed by atoms with Crippen LogP contribution >= 0.6 is 23.2 Å². The van der Waals surface area contributed by atoms with Gasteiger partial charge in [-0.2, -0.15) is 0 Å². The van der Waals surface area contributed by atoms with E-state index < -0.39 is 5.82 Å². The molecular formula is C15H9Cl2FN2O. The van der Waals surface area contributed by atoms with Crippen molar-refractivity contribution in [3.8, 4) is 17.1 Å². The molecular weight excluding hydrogens is 314 g/mol. The number of hydrogen-bond acceptors (Lipinski definition) is 3. The predicted octanol–water partition coefficient (Wildman–Crippen LogP) is 4.75. The summed E-state index contributed by atoms with van der Waals surface area (Å²) in [5.41, 5.74) is 1.16. The third-order valence-corrected chi connectivity index (χ3v) is 3.54. The molecule has 106 valence electrons. The van der Waals surface area contributed by atoms with Crippen LogP contribution in [0, 0.1) is 5.82 Å². The van der Waals surface area contributed by atoms with Gasteiger partial charge in [0.2, 0.25) is 0 Å². The van der Waals surface area contributed by atoms with Crippen LogP contribution in [0.15, 0.2) is 36.4 Å². The zero-order chi connectivity index (χ0) is 15.0. The lowest BCUT2D eigenvalue weighted by molar-refractivity contribution is 0.386. The monoisotopic (exact) mass is 322 g/mol. The second-order valence-electron chi connectivity index (χ2n) is 4.35. The van der Waals surface area contributed by atoms with E-state index in [2.05, 4.69) is 9.97 Å². The SMILES string of the molecule is COc1ccc(-c2nc(Cl)c3cc(Cl)ccc3n2)cc1F. The Morgan fingerprint density at radius 1 is 1.05 bits per heavy atom. The summed E-state index contributed by atoms with van der Waals surface area (Å²) in [5.74, 6) is 0.0275. The minimum atomic E-state index is -0.481. The van der Waals surface area contributed by atoms with Gasteiger partial charge in [-0.3, -0.25) is 0 Å². The van der Waals surface area contributed by atoms with E-state index in [0.717, 1.165) is 0 Å². The maximum atomic E-state index is 13.8. The molecule has 0 aliphatic heterocycles. The molecule has 0 aliphatic carbocycles. The summed E-state index contributed by atoms with van der Waals surface area (Å²) in [5, 5.41) is 1.48. The van der Waals surface area contributed by atoms with Crippen LogP contribution in [0.4, 0.5) is 4.39 Å². The van der Waals surface area contributed by atoms with Crippen LogP contribution in [0.5, 0.6) is 5.75 Å². The molecule has 0 saturated heterocycles. The Hall–Kier alpha value is -1.91. The molecule has 0 saturated carbocycles. The third kappa shape index (κ3) is 2.64. The summed E-state index contributed by atoms with van der Waals surface area (Å²) in [6.45, 7) is 0. The molecule has 6 heteroatoms. The van der Waals surface area contributed by atoms with Gasteiger partial charge in [0.25, 0.3) is 0 Å². The average molecular weight is 323 g/mol. The van der Waals surface area contributed by atoms with Gasteiger partial charge in [0, 0.05) is 16.0 Å². The van der Waals surface area contributed by atoms with Gasteiger partial charge in [-0.15, -0.1) is 0 Å². The van der Waals surface area contributed by atoms with Crippen LogP contribution in [0.3, 0.4) is 0 Å². The number of fused-ring (bicyclic) bond motifs is 1. The first-order chi connectivity index (χ1) is 10.1. The van der Waals surface area contributed by atoms with Crippen molar-refractivity contribution in [2.75, 3.05) is 7.11 Å². The first-order valence-corrected chi connectivity index (χ1v) is 6.81. The lowest BCUT2D eigenvalue weighted by atomic mass is 10.2. The number of halogens is 3. The standard InChI is InChI=1S/C15H9Cl2FN2O/c1-21-13-5-2-8(6-11(13)18)15-19-12-4-3-9(16)7-10(12)14(17)20-15/h2-7H,1H3. The molecule has 3 aromatic rings. The highest BCUT2D eigenvalue weighted by molar-refractivity contribution is 6.35. The summed E-state index contributed by atoms with van der Waals surface area (Å²) < 4.78 is 18.7. The van der Waals surface area contributed by atoms with Gasteiger partial charge >= 0.3 is 0 Å². The van der Waals surface area contributed by atoms with Gasteiger partial charge in [0.1, 0.15) is 5.15 Å². The van der Waals surface area contributed by atoms with E-state index in [1.54, 1.807) is 24.3 Å². The number of methoxy groups -OCH3 is 1. The molecule has 0 atom stereocenters. The van der Waals surface area contributed by atoms with Crippen LogP contribution in [0.1, 0.15) is 0 Å². The highest BCUT2D eigenvalue weighted by Crippen LogP contribution is 2.28. The van der Waals surface area contributed by atoms with Gasteiger partial charge in [0.05, 0.1) is 12.6 Å². The Kier molecular flexibility index (Phi) is 3.66. The van der Waals surface area contributed by atoms with Crippen molar-refractivity contribution < 1.29 is 9.13 Å². The molecule has 1 heterocycles. The van der Waals surface area contributed by atoms with E-state index in [9.17, 15) is 4.39 Å². The Labute approximate surface area is 130 Å². The van der Waals surface area contributed by atoms with E-state index in [-0.39, 0.29) is 10.9 Å². The summed E-state index contributed by atoms with van der Waals surface area (Å²) in [7, 11) is 1.41. The number of nitrogens with zero attached hydrogens (tertiary/aromatic N) is 2. The van der Waals surface area contributed by atoms with Gasteiger partial charge < -0.3 is 4.74 Å². The molecule has 3 nitrogen and oxygen atoms in total. The summed E-state index contributed by atoms with van der Waals surface area (Å²) >= 11 is 12.1. The Morgan fingerprint density at radius 2 is 1.86 bits per heavy atom. The van der Waals surface area contributed by atoms with Crippen LogP contribution in [-0.2, 0) is 0 Å². The topological polar surface area (TPSA) is 35.0 Å². The molecule has 2 aromatic carbocycles. The van der Waals surface area contributed by atoms with E-state index in [1.807, 2.05) is 0 Å². The van der Waals surface area contributed by atoms with E-state index in [1.165, 1.54) is 19.2 Å². The van der Waals surface area contributed by atoms with Crippen LogP contribution < -0.4 is 4.74 Å². The lowest BCUT2D eigenvalue weighted by Crippen LogP contribution is -1.94. The minimum Gasteiger partial charge on any atom is -0.494 e. The first-order valence-electron chi connectivity index (χ1n) is 6.05. The number of hydrogen-bond donors (Lipinski definition) is 0. The van der Waals surface area contributed by atoms with Crippen LogP contribution in [0.25, 0.3) is 22.3 Å². The number of rotatable bonds is 2. The van der Waals surface area contributed by atoms with Gasteiger partial charge in [-0.1, -0.05) is 23.2 Å². The molecule has 0 unspecified atom stereocenters. The van der Waals surface area contributed by atoms with Crippen molar-refractivity contribution in [3.05, 3.63) is 52.4 Å². The van der Waals surface area contributed by atoms with Crippen molar-refractivity contribution in [2.45, 2.75) is 0 Å². The summed E-state index contributed by atoms with van der Waals surface area (Å²) in [4.78, 5) is 8.58. The first kappa shape index (κ1) is 14.0. The average Bonchev–Trinajstić information content (AvgIpc) is 2.47. The smallest absolute Gasteiger partial charge is 0.165 e. The Morgan fingerprint density at radius 3 is 2.57 bits per heavy atom. The van der Waals surface area contributed by atoms with Crippen LogP contribution in [0.2, 0.25) is 10.2 Å². The van der Waals surface area contributed by atoms with Gasteiger partial charge in [-0.05, 0) is 36.4 Å². The zero-order valence-electron chi connectivity index (χ0n) is 10.9. The molecule has 3 rings (SSSR count). The normalized spacial score (nSPS) is 10.9. The molecule has 0 fully saturated rings. The van der Waals surface area contributed by atoms with Crippen molar-refractivity contribution in [2.24, 2.45) is 0 Å². The second-order valence-corrected chi connectivity index (χ2v) is 5.14. The number of benzene rings is 2. The van der Waals surface area contributed by atoms with Crippen molar-refractivity contribution in [1.29, 1.82) is 0 Å². The number of aromatic nitrogens is 2. The van der Waals surface area contributed by atoms with Crippen LogP contribution in [-0.4, -0.2) is 17.1 Å². The van der Waals surface area contributed by atoms with Crippen molar-refractivity contribution in [3.63, 3.8) is 0 Å². The second kappa shape index (κ2) is 5.47. The molecule has 0 amide bonds. The third-order valence-electron chi connectivity index (χ3n) is 3.02. The maximum Gasteiger partial charge on any atom is 0.165 e. The van der Waals surface area contributed by atoms with Crippen molar-refractivity contribution >= 4 is 34.1 Å². The lowest BCUT2D eigenvalue weighted by Gasteiger charge is -2.07. The molecule has 1 aromatic heterocycles. The predicted molar refractivity (Wildman–Crippen MR) is 81.5 cm³/mol.